The molecule has 0 unspecified atom stereocenters. The average Bonchev–Trinajstić information content (AvgIpc) is 3.24. The van der Waals surface area contributed by atoms with Crippen LogP contribution in [0.4, 0.5) is 0 Å². The second-order valence-electron chi connectivity index (χ2n) is 7.34. The van der Waals surface area contributed by atoms with Gasteiger partial charge in [-0.05, 0) is 30.7 Å². The molecular formula is C21H25NO9. The van der Waals surface area contributed by atoms with E-state index in [-0.39, 0.29) is 30.3 Å². The van der Waals surface area contributed by atoms with Crippen molar-refractivity contribution in [1.82, 2.24) is 5.32 Å². The van der Waals surface area contributed by atoms with Gasteiger partial charge in [-0.2, -0.15) is 0 Å². The van der Waals surface area contributed by atoms with Gasteiger partial charge < -0.3 is 40.0 Å². The lowest BCUT2D eigenvalue weighted by molar-refractivity contribution is -0.155. The van der Waals surface area contributed by atoms with Crippen molar-refractivity contribution < 1.29 is 44.2 Å². The zero-order valence-electron chi connectivity index (χ0n) is 16.8. The Hall–Kier alpha value is -2.76. The highest BCUT2D eigenvalue weighted by Gasteiger charge is 2.53. The molecule has 1 aliphatic carbocycles. The van der Waals surface area contributed by atoms with Crippen LogP contribution in [0.5, 0.6) is 5.75 Å². The molecule has 1 saturated heterocycles. The Morgan fingerprint density at radius 2 is 1.87 bits per heavy atom. The van der Waals surface area contributed by atoms with E-state index in [1.54, 1.807) is 6.07 Å². The van der Waals surface area contributed by atoms with Crippen molar-refractivity contribution in [3.05, 3.63) is 47.6 Å². The molecule has 10 heteroatoms. The van der Waals surface area contributed by atoms with Crippen LogP contribution in [0, 0.1) is 0 Å². The van der Waals surface area contributed by atoms with Crippen LogP contribution in [0.2, 0.25) is 0 Å². The summed E-state index contributed by atoms with van der Waals surface area (Å²) in [4.78, 5) is 24.1. The maximum atomic E-state index is 12.6. The number of hydrogen-bond donors (Lipinski definition) is 5. The minimum atomic E-state index is -1.46. The fraction of sp³-hybridized carbons (Fsp3) is 0.429. The van der Waals surface area contributed by atoms with Gasteiger partial charge in [0.25, 0.3) is 0 Å². The molecule has 10 nitrogen and oxygen atoms in total. The SMILES string of the molecule is C=CCOc1ccc(/C=C(/C)C(=O)N[C@@H]2[C@H](O)[C@@H](O)[C@H]3OCO[C@H]3[C@@H]2O)cc1C(=O)O. The Morgan fingerprint density at radius 3 is 2.52 bits per heavy atom. The van der Waals surface area contributed by atoms with Gasteiger partial charge in [-0.1, -0.05) is 18.7 Å². The average molecular weight is 435 g/mol. The van der Waals surface area contributed by atoms with Gasteiger partial charge in [0.2, 0.25) is 5.91 Å². The van der Waals surface area contributed by atoms with Gasteiger partial charge in [-0.15, -0.1) is 0 Å². The first-order valence-corrected chi connectivity index (χ1v) is 9.62. The van der Waals surface area contributed by atoms with Crippen LogP contribution in [0.15, 0.2) is 36.4 Å². The summed E-state index contributed by atoms with van der Waals surface area (Å²) in [6.07, 6.45) is -2.91. The molecule has 0 aromatic heterocycles. The summed E-state index contributed by atoms with van der Waals surface area (Å²) in [7, 11) is 0. The molecular weight excluding hydrogens is 410 g/mol. The minimum absolute atomic E-state index is 0.0746. The highest BCUT2D eigenvalue weighted by Crippen LogP contribution is 2.30. The number of nitrogens with one attached hydrogen (secondary N) is 1. The summed E-state index contributed by atoms with van der Waals surface area (Å²) in [5.74, 6) is -1.63. The van der Waals surface area contributed by atoms with Crippen LogP contribution in [0.3, 0.4) is 0 Å². The molecule has 0 radical (unpaired) electrons. The zero-order chi connectivity index (χ0) is 22.7. The molecule has 31 heavy (non-hydrogen) atoms. The topological polar surface area (TPSA) is 155 Å². The van der Waals surface area contributed by atoms with Crippen molar-refractivity contribution in [3.63, 3.8) is 0 Å². The minimum Gasteiger partial charge on any atom is -0.489 e. The number of carbonyl (C=O) groups is 2. The second kappa shape index (κ2) is 9.58. The Balaban J connectivity index is 1.75. The second-order valence-corrected chi connectivity index (χ2v) is 7.34. The molecule has 1 aliphatic heterocycles. The first-order valence-electron chi connectivity index (χ1n) is 9.62. The van der Waals surface area contributed by atoms with E-state index >= 15 is 0 Å². The van der Waals surface area contributed by atoms with Gasteiger partial charge in [0, 0.05) is 5.57 Å². The van der Waals surface area contributed by atoms with Crippen LogP contribution >= 0.6 is 0 Å². The summed E-state index contributed by atoms with van der Waals surface area (Å²) in [5, 5.41) is 42.8. The highest BCUT2D eigenvalue weighted by atomic mass is 16.7. The van der Waals surface area contributed by atoms with Crippen LogP contribution < -0.4 is 10.1 Å². The predicted molar refractivity (Wildman–Crippen MR) is 107 cm³/mol. The molecule has 168 valence electrons. The van der Waals surface area contributed by atoms with Crippen LogP contribution in [0.1, 0.15) is 22.8 Å². The van der Waals surface area contributed by atoms with Crippen molar-refractivity contribution in [2.24, 2.45) is 0 Å². The number of aromatic carboxylic acids is 1. The molecule has 3 rings (SSSR count). The van der Waals surface area contributed by atoms with E-state index in [0.717, 1.165) is 0 Å². The maximum Gasteiger partial charge on any atom is 0.339 e. The monoisotopic (exact) mass is 435 g/mol. The number of rotatable bonds is 7. The van der Waals surface area contributed by atoms with E-state index in [0.29, 0.717) is 5.56 Å². The van der Waals surface area contributed by atoms with Crippen molar-refractivity contribution in [2.75, 3.05) is 13.4 Å². The predicted octanol–water partition coefficient (Wildman–Crippen LogP) is -0.324. The Morgan fingerprint density at radius 1 is 1.19 bits per heavy atom. The quantitative estimate of drug-likeness (QED) is 0.286. The number of fused-ring (bicyclic) bond motifs is 1. The molecule has 0 spiro atoms. The molecule has 5 N–H and O–H groups in total. The number of aliphatic hydroxyl groups is 3. The van der Waals surface area contributed by atoms with E-state index in [9.17, 15) is 30.0 Å². The molecule has 2 fully saturated rings. The largest absolute Gasteiger partial charge is 0.489 e. The standard InChI is InChI=1S/C21H25NO9/c1-3-6-29-13-5-4-11(8-12(13)21(27)28)7-10(2)20(26)22-14-15(23)17(25)19-18(16(14)24)30-9-31-19/h3-5,7-8,14-19,23-25H,1,6,9H2,2H3,(H,22,26)(H,27,28)/b10-7-/t14-,15+,16-,17-,18+,19-/m1/s1. The number of aliphatic hydroxyl groups excluding tert-OH is 3. The summed E-state index contributed by atoms with van der Waals surface area (Å²) >= 11 is 0. The normalized spacial score (nSPS) is 30.4. The maximum absolute atomic E-state index is 12.6. The smallest absolute Gasteiger partial charge is 0.339 e. The zero-order valence-corrected chi connectivity index (χ0v) is 16.8. The molecule has 0 bridgehead atoms. The first-order chi connectivity index (χ1) is 14.7. The van der Waals surface area contributed by atoms with Gasteiger partial charge in [-0.25, -0.2) is 4.79 Å². The number of amides is 1. The number of carbonyl (C=O) groups excluding carboxylic acids is 1. The van der Waals surface area contributed by atoms with Crippen LogP contribution in [-0.2, 0) is 14.3 Å². The fourth-order valence-electron chi connectivity index (χ4n) is 3.62. The number of hydrogen-bond acceptors (Lipinski definition) is 8. The molecule has 1 saturated carbocycles. The third kappa shape index (κ3) is 4.78. The lowest BCUT2D eigenvalue weighted by atomic mass is 9.83. The summed E-state index contributed by atoms with van der Waals surface area (Å²) in [5.41, 5.74) is 0.554. The Labute approximate surface area is 178 Å². The van der Waals surface area contributed by atoms with E-state index in [4.69, 9.17) is 14.2 Å². The van der Waals surface area contributed by atoms with Crippen molar-refractivity contribution in [2.45, 2.75) is 43.5 Å². The molecule has 1 aromatic rings. The molecule has 6 atom stereocenters. The lowest BCUT2D eigenvalue weighted by Gasteiger charge is -2.41. The van der Waals surface area contributed by atoms with E-state index in [2.05, 4.69) is 11.9 Å². The Bertz CT molecular complexity index is 884. The van der Waals surface area contributed by atoms with Gasteiger partial charge in [0.15, 0.2) is 0 Å². The number of carboxylic acid groups (broad SMARTS) is 1. The number of ether oxygens (including phenoxy) is 3. The van der Waals surface area contributed by atoms with E-state index < -0.39 is 48.4 Å². The molecule has 1 amide bonds. The van der Waals surface area contributed by atoms with Crippen molar-refractivity contribution in [3.8, 4) is 5.75 Å². The third-order valence-corrected chi connectivity index (χ3v) is 5.23. The van der Waals surface area contributed by atoms with Gasteiger partial charge >= 0.3 is 5.97 Å². The first kappa shape index (κ1) is 22.9. The van der Waals surface area contributed by atoms with Crippen molar-refractivity contribution in [1.29, 1.82) is 0 Å². The fourth-order valence-corrected chi connectivity index (χ4v) is 3.62. The van der Waals surface area contributed by atoms with Gasteiger partial charge in [0.1, 0.15) is 55.2 Å². The molecule has 2 aliphatic rings. The summed E-state index contributed by atoms with van der Waals surface area (Å²) in [6, 6.07) is 3.24. The van der Waals surface area contributed by atoms with Crippen LogP contribution in [0.25, 0.3) is 6.08 Å². The molecule has 1 heterocycles. The van der Waals surface area contributed by atoms with Gasteiger partial charge in [-0.3, -0.25) is 4.79 Å². The lowest BCUT2D eigenvalue weighted by Crippen LogP contribution is -2.67. The third-order valence-electron chi connectivity index (χ3n) is 5.23. The number of benzene rings is 1. The summed E-state index contributed by atoms with van der Waals surface area (Å²) in [6.45, 7) is 5.02. The van der Waals surface area contributed by atoms with E-state index in [1.165, 1.54) is 31.2 Å². The van der Waals surface area contributed by atoms with Gasteiger partial charge in [0.05, 0.1) is 6.04 Å². The highest BCUT2D eigenvalue weighted by molar-refractivity contribution is 5.98. The summed E-state index contributed by atoms with van der Waals surface area (Å²) < 4.78 is 15.7. The van der Waals surface area contributed by atoms with Crippen molar-refractivity contribution >= 4 is 18.0 Å². The number of carboxylic acids is 1. The van der Waals surface area contributed by atoms with E-state index in [1.807, 2.05) is 0 Å². The van der Waals surface area contributed by atoms with Crippen LogP contribution in [-0.4, -0.2) is 82.3 Å². The molecule has 1 aromatic carbocycles. The Kier molecular flexibility index (Phi) is 7.08.